The van der Waals surface area contributed by atoms with E-state index in [4.69, 9.17) is 28.3 Å². The van der Waals surface area contributed by atoms with E-state index in [1.165, 1.54) is 11.0 Å². The van der Waals surface area contributed by atoms with E-state index < -0.39 is 11.9 Å². The third-order valence-corrected chi connectivity index (χ3v) is 7.57. The molecule has 3 heterocycles. The number of rotatable bonds is 5. The number of nitrogens with zero attached hydrogens (tertiary/aromatic N) is 4. The fourth-order valence-electron chi connectivity index (χ4n) is 4.81. The van der Waals surface area contributed by atoms with Gasteiger partial charge in [-0.2, -0.15) is 5.10 Å². The number of aromatic nitrogens is 3. The summed E-state index contributed by atoms with van der Waals surface area (Å²) < 4.78 is 17.1. The molecule has 0 saturated heterocycles. The molecule has 0 aliphatic carbocycles. The zero-order chi connectivity index (χ0) is 25.0. The zero-order valence-electron chi connectivity index (χ0n) is 19.6. The highest BCUT2D eigenvalue weighted by molar-refractivity contribution is 7.09. The lowest BCUT2D eigenvalue weighted by molar-refractivity contribution is 0.0987. The number of aryl methyl sites for hydroxylation is 2. The maximum absolute atomic E-state index is 15.3. The van der Waals surface area contributed by atoms with Crippen molar-refractivity contribution in [3.8, 4) is 0 Å². The van der Waals surface area contributed by atoms with Crippen molar-refractivity contribution in [3.05, 3.63) is 96.4 Å². The minimum absolute atomic E-state index is 0.0422. The van der Waals surface area contributed by atoms with E-state index >= 15 is 4.39 Å². The van der Waals surface area contributed by atoms with Crippen LogP contribution in [0.15, 0.2) is 41.8 Å². The van der Waals surface area contributed by atoms with Crippen molar-refractivity contribution in [2.45, 2.75) is 46.2 Å². The third kappa shape index (κ3) is 4.05. The molecule has 0 radical (unpaired) electrons. The molecule has 5 nitrogen and oxygen atoms in total. The van der Waals surface area contributed by atoms with Gasteiger partial charge in [0, 0.05) is 21.7 Å². The van der Waals surface area contributed by atoms with E-state index in [1.807, 2.05) is 36.0 Å². The monoisotopic (exact) mass is 528 g/mol. The number of carbonyl (C=O) groups excluding carboxylic acids is 1. The van der Waals surface area contributed by atoms with Crippen LogP contribution in [0.5, 0.6) is 0 Å². The number of hydrogen-bond donors (Lipinski definition) is 0. The van der Waals surface area contributed by atoms with E-state index in [0.29, 0.717) is 17.3 Å². The van der Waals surface area contributed by atoms with Crippen molar-refractivity contribution >= 4 is 46.1 Å². The number of amides is 1. The molecule has 1 atom stereocenters. The number of fused-ring (bicyclic) bond motifs is 1. The van der Waals surface area contributed by atoms with Gasteiger partial charge in [0.2, 0.25) is 0 Å². The first-order valence-corrected chi connectivity index (χ1v) is 12.9. The van der Waals surface area contributed by atoms with Crippen molar-refractivity contribution < 1.29 is 9.18 Å². The molecule has 4 aromatic rings. The molecule has 1 aliphatic heterocycles. The average Bonchev–Trinajstić information content (AvgIpc) is 3.44. The molecule has 2 aromatic carbocycles. The van der Waals surface area contributed by atoms with Crippen molar-refractivity contribution in [2.75, 3.05) is 4.90 Å². The molecule has 0 spiro atoms. The van der Waals surface area contributed by atoms with Gasteiger partial charge in [0.25, 0.3) is 5.91 Å². The van der Waals surface area contributed by atoms with Gasteiger partial charge < -0.3 is 0 Å². The molecule has 180 valence electrons. The summed E-state index contributed by atoms with van der Waals surface area (Å²) in [6, 6.07) is 9.64. The van der Waals surface area contributed by atoms with E-state index in [1.54, 1.807) is 29.5 Å². The summed E-state index contributed by atoms with van der Waals surface area (Å²) in [6.45, 7) is 8.49. The molecule has 0 fully saturated rings. The molecule has 1 amide bonds. The predicted octanol–water partition coefficient (Wildman–Crippen LogP) is 7.32. The van der Waals surface area contributed by atoms with Crippen molar-refractivity contribution in [2.24, 2.45) is 0 Å². The van der Waals surface area contributed by atoms with Crippen LogP contribution in [0.4, 0.5) is 10.1 Å². The lowest BCUT2D eigenvalue weighted by Gasteiger charge is -2.29. The van der Waals surface area contributed by atoms with Crippen LogP contribution in [0.3, 0.4) is 0 Å². The van der Waals surface area contributed by atoms with Gasteiger partial charge in [-0.05, 0) is 55.2 Å². The molecular formula is C26H23Cl2FN4OS. The highest BCUT2D eigenvalue weighted by Gasteiger charge is 2.46. The van der Waals surface area contributed by atoms with Crippen LogP contribution in [0.2, 0.25) is 10.0 Å². The minimum Gasteiger partial charge on any atom is -0.292 e. The highest BCUT2D eigenvalue weighted by atomic mass is 35.5. The first-order valence-electron chi connectivity index (χ1n) is 11.2. The smallest absolute Gasteiger partial charge is 0.280 e. The average molecular weight is 529 g/mol. The summed E-state index contributed by atoms with van der Waals surface area (Å²) in [5.41, 5.74) is 4.78. The summed E-state index contributed by atoms with van der Waals surface area (Å²) in [5.74, 6) is -0.949. The van der Waals surface area contributed by atoms with Gasteiger partial charge >= 0.3 is 0 Å². The number of thiazole rings is 1. The Hall–Kier alpha value is -2.74. The standard InChI is InChI=1S/C26H23Cl2FN4OS/c1-13(2)24-21-23(31-32(24)11-17-12-35-15(4)30-17)26(34)33(20-7-5-6-19(28)22(20)29)25(21)18-9-8-16(27)10-14(18)3/h5-10,12-13,25H,11H2,1-4H3. The maximum atomic E-state index is 15.3. The quantitative estimate of drug-likeness (QED) is 0.272. The van der Waals surface area contributed by atoms with E-state index in [9.17, 15) is 4.79 Å². The normalized spacial score (nSPS) is 15.4. The summed E-state index contributed by atoms with van der Waals surface area (Å²) in [5, 5.41) is 8.28. The van der Waals surface area contributed by atoms with E-state index in [-0.39, 0.29) is 22.5 Å². The van der Waals surface area contributed by atoms with Gasteiger partial charge in [-0.25, -0.2) is 9.37 Å². The largest absolute Gasteiger partial charge is 0.292 e. The van der Waals surface area contributed by atoms with Crippen LogP contribution in [0, 0.1) is 19.7 Å². The van der Waals surface area contributed by atoms with Gasteiger partial charge in [-0.1, -0.05) is 49.2 Å². The molecule has 1 aliphatic rings. The third-order valence-electron chi connectivity index (χ3n) is 6.23. The molecule has 35 heavy (non-hydrogen) atoms. The van der Waals surface area contributed by atoms with Crippen LogP contribution in [0.1, 0.15) is 69.4 Å². The molecule has 0 N–H and O–H groups in total. The Morgan fingerprint density at radius 3 is 2.60 bits per heavy atom. The van der Waals surface area contributed by atoms with Crippen LogP contribution < -0.4 is 4.90 Å². The van der Waals surface area contributed by atoms with Gasteiger partial charge in [0.1, 0.15) is 0 Å². The molecule has 2 aromatic heterocycles. The number of hydrogen-bond acceptors (Lipinski definition) is 4. The number of benzene rings is 2. The van der Waals surface area contributed by atoms with Crippen molar-refractivity contribution in [1.82, 2.24) is 14.8 Å². The van der Waals surface area contributed by atoms with E-state index in [0.717, 1.165) is 33.1 Å². The first-order chi connectivity index (χ1) is 16.7. The molecule has 9 heteroatoms. The van der Waals surface area contributed by atoms with Crippen LogP contribution in [-0.2, 0) is 6.54 Å². The second-order valence-corrected chi connectivity index (χ2v) is 10.9. The molecular weight excluding hydrogens is 506 g/mol. The maximum Gasteiger partial charge on any atom is 0.280 e. The number of halogens is 3. The first kappa shape index (κ1) is 24.0. The Bertz CT molecular complexity index is 1460. The van der Waals surface area contributed by atoms with Crippen molar-refractivity contribution in [3.63, 3.8) is 0 Å². The lowest BCUT2D eigenvalue weighted by Crippen LogP contribution is -2.31. The van der Waals surface area contributed by atoms with Crippen LogP contribution >= 0.6 is 34.5 Å². The van der Waals surface area contributed by atoms with Crippen LogP contribution in [-0.4, -0.2) is 20.7 Å². The molecule has 5 rings (SSSR count). The van der Waals surface area contributed by atoms with Crippen LogP contribution in [0.25, 0.3) is 0 Å². The minimum atomic E-state index is -0.638. The number of anilines is 1. The van der Waals surface area contributed by atoms with Gasteiger partial charge in [-0.3, -0.25) is 14.4 Å². The summed E-state index contributed by atoms with van der Waals surface area (Å²) in [6.07, 6.45) is 0. The topological polar surface area (TPSA) is 51.0 Å². The molecule has 0 bridgehead atoms. The highest BCUT2D eigenvalue weighted by Crippen LogP contribution is 2.47. The fourth-order valence-corrected chi connectivity index (χ4v) is 5.81. The second kappa shape index (κ2) is 9.04. The lowest BCUT2D eigenvalue weighted by atomic mass is 9.92. The number of carbonyl (C=O) groups is 1. The second-order valence-electron chi connectivity index (χ2n) is 8.97. The van der Waals surface area contributed by atoms with Gasteiger partial charge in [0.15, 0.2) is 11.5 Å². The fraction of sp³-hybridized carbons (Fsp3) is 0.269. The molecule has 1 unspecified atom stereocenters. The Morgan fingerprint density at radius 1 is 1.17 bits per heavy atom. The van der Waals surface area contributed by atoms with Gasteiger partial charge in [0.05, 0.1) is 34.0 Å². The van der Waals surface area contributed by atoms with Crippen molar-refractivity contribution in [1.29, 1.82) is 0 Å². The zero-order valence-corrected chi connectivity index (χ0v) is 22.0. The molecule has 0 saturated carbocycles. The Kier molecular flexibility index (Phi) is 6.20. The SMILES string of the molecule is Cc1nc(Cn2nc3c(c2C(C)C)C(c2ccc(Cl)cc2C)N(c2cccc(Cl)c2F)C3=O)cs1. The summed E-state index contributed by atoms with van der Waals surface area (Å²) in [4.78, 5) is 19.9. The van der Waals surface area contributed by atoms with E-state index in [2.05, 4.69) is 18.8 Å². The Balaban J connectivity index is 1.75. The predicted molar refractivity (Wildman–Crippen MR) is 139 cm³/mol. The van der Waals surface area contributed by atoms with Gasteiger partial charge in [-0.15, -0.1) is 11.3 Å². The summed E-state index contributed by atoms with van der Waals surface area (Å²) >= 11 is 13.9. The Morgan fingerprint density at radius 2 is 1.94 bits per heavy atom. The Labute approximate surface area is 217 Å². The summed E-state index contributed by atoms with van der Waals surface area (Å²) in [7, 11) is 0.